The molecule has 3 aromatic heterocycles. The fourth-order valence-corrected chi connectivity index (χ4v) is 2.23. The molecule has 9 heteroatoms. The van der Waals surface area contributed by atoms with Crippen LogP contribution in [0.2, 0.25) is 0 Å². The Balaban J connectivity index is 1.70. The maximum absolute atomic E-state index is 5.63. The monoisotopic (exact) mass is 289 g/mol. The molecule has 20 heavy (non-hydrogen) atoms. The van der Waals surface area contributed by atoms with E-state index in [0.29, 0.717) is 6.61 Å². The number of anilines is 1. The third-order valence-corrected chi connectivity index (χ3v) is 3.34. The summed E-state index contributed by atoms with van der Waals surface area (Å²) in [5, 5.41) is 5.96. The van der Waals surface area contributed by atoms with Crippen LogP contribution in [-0.2, 0) is 6.42 Å². The van der Waals surface area contributed by atoms with Gasteiger partial charge in [0.25, 0.3) is 5.95 Å². The van der Waals surface area contributed by atoms with Gasteiger partial charge in [0.2, 0.25) is 5.95 Å². The van der Waals surface area contributed by atoms with Crippen molar-refractivity contribution in [2.45, 2.75) is 6.42 Å². The number of nitrogens with two attached hydrogens (primary N) is 1. The second-order valence-corrected chi connectivity index (χ2v) is 4.83. The fraction of sp³-hybridized carbons (Fsp3) is 0.182. The molecule has 0 aliphatic rings. The highest BCUT2D eigenvalue weighted by Crippen LogP contribution is 2.11. The first kappa shape index (κ1) is 12.5. The van der Waals surface area contributed by atoms with Crippen molar-refractivity contribution in [3.63, 3.8) is 0 Å². The number of nitrogens with zero attached hydrogens (tertiary/aromatic N) is 6. The third kappa shape index (κ3) is 2.88. The summed E-state index contributed by atoms with van der Waals surface area (Å²) in [5.74, 6) is 0.359. The summed E-state index contributed by atoms with van der Waals surface area (Å²) < 4.78 is 6.89. The van der Waals surface area contributed by atoms with Crippen molar-refractivity contribution in [3.05, 3.63) is 35.0 Å². The standard InChI is InChI=1S/C11H11N7OS/c12-9-15-10(18-7-13-6-14-18)17-11(16-9)19-4-3-8-2-1-5-20-8/h1-2,5-7H,3-4H2,(H2,12,15,16,17). The van der Waals surface area contributed by atoms with Crippen molar-refractivity contribution in [2.24, 2.45) is 0 Å². The van der Waals surface area contributed by atoms with Crippen LogP contribution in [0.4, 0.5) is 5.95 Å². The van der Waals surface area contributed by atoms with E-state index in [1.165, 1.54) is 22.2 Å². The molecule has 0 spiro atoms. The first-order valence-corrected chi connectivity index (χ1v) is 6.71. The lowest BCUT2D eigenvalue weighted by atomic mass is 10.4. The van der Waals surface area contributed by atoms with E-state index in [0.717, 1.165) is 6.42 Å². The summed E-state index contributed by atoms with van der Waals surface area (Å²) in [5.41, 5.74) is 5.63. The van der Waals surface area contributed by atoms with Gasteiger partial charge >= 0.3 is 6.01 Å². The van der Waals surface area contributed by atoms with Crippen LogP contribution in [-0.4, -0.2) is 36.3 Å². The van der Waals surface area contributed by atoms with Crippen LogP contribution in [0.3, 0.4) is 0 Å². The van der Waals surface area contributed by atoms with Crippen LogP contribution in [0, 0.1) is 0 Å². The zero-order valence-corrected chi connectivity index (χ0v) is 11.2. The maximum Gasteiger partial charge on any atom is 0.323 e. The minimum absolute atomic E-state index is 0.0802. The molecule has 0 fully saturated rings. The van der Waals surface area contributed by atoms with E-state index in [4.69, 9.17) is 10.5 Å². The highest BCUT2D eigenvalue weighted by molar-refractivity contribution is 7.09. The van der Waals surface area contributed by atoms with Crippen molar-refractivity contribution >= 4 is 17.3 Å². The predicted octanol–water partition coefficient (Wildman–Crippen LogP) is 0.717. The summed E-state index contributed by atoms with van der Waals surface area (Å²) in [7, 11) is 0. The van der Waals surface area contributed by atoms with Gasteiger partial charge in [0.05, 0.1) is 6.61 Å². The summed E-state index contributed by atoms with van der Waals surface area (Å²) >= 11 is 1.68. The molecule has 0 atom stereocenters. The SMILES string of the molecule is Nc1nc(OCCc2cccs2)nc(-n2cncn2)n1. The van der Waals surface area contributed by atoms with Crippen molar-refractivity contribution in [2.75, 3.05) is 12.3 Å². The molecule has 0 radical (unpaired) electrons. The van der Waals surface area contributed by atoms with E-state index < -0.39 is 0 Å². The first-order chi connectivity index (χ1) is 9.81. The minimum Gasteiger partial charge on any atom is -0.463 e. The topological polar surface area (TPSA) is 105 Å². The van der Waals surface area contributed by atoms with E-state index in [9.17, 15) is 0 Å². The Bertz CT molecular complexity index is 668. The van der Waals surface area contributed by atoms with E-state index in [2.05, 4.69) is 31.1 Å². The molecule has 0 unspecified atom stereocenters. The Hall–Kier alpha value is -2.55. The Morgan fingerprint density at radius 3 is 3.00 bits per heavy atom. The van der Waals surface area contributed by atoms with Crippen LogP contribution in [0.25, 0.3) is 5.95 Å². The lowest BCUT2D eigenvalue weighted by molar-refractivity contribution is 0.296. The van der Waals surface area contributed by atoms with Crippen LogP contribution in [0.5, 0.6) is 6.01 Å². The van der Waals surface area contributed by atoms with Gasteiger partial charge in [0.15, 0.2) is 0 Å². The number of thiophene rings is 1. The van der Waals surface area contributed by atoms with Crippen molar-refractivity contribution < 1.29 is 4.74 Å². The summed E-state index contributed by atoms with van der Waals surface area (Å²) in [6.07, 6.45) is 3.66. The van der Waals surface area contributed by atoms with Gasteiger partial charge in [-0.05, 0) is 11.4 Å². The van der Waals surface area contributed by atoms with Crippen LogP contribution in [0.1, 0.15) is 4.88 Å². The Morgan fingerprint density at radius 1 is 1.30 bits per heavy atom. The van der Waals surface area contributed by atoms with Gasteiger partial charge in [-0.25, -0.2) is 4.98 Å². The predicted molar refractivity (Wildman–Crippen MR) is 72.7 cm³/mol. The van der Waals surface area contributed by atoms with E-state index in [-0.39, 0.29) is 17.9 Å². The average molecular weight is 289 g/mol. The molecule has 8 nitrogen and oxygen atoms in total. The molecule has 0 aliphatic carbocycles. The molecule has 0 bridgehead atoms. The third-order valence-electron chi connectivity index (χ3n) is 2.40. The Morgan fingerprint density at radius 2 is 2.25 bits per heavy atom. The molecule has 3 heterocycles. The molecule has 0 saturated carbocycles. The zero-order valence-electron chi connectivity index (χ0n) is 10.4. The average Bonchev–Trinajstić information content (AvgIpc) is 3.11. The largest absolute Gasteiger partial charge is 0.463 e. The van der Waals surface area contributed by atoms with Gasteiger partial charge in [-0.15, -0.1) is 11.3 Å². The number of ether oxygens (including phenoxy) is 1. The Kier molecular flexibility index (Phi) is 3.50. The molecular formula is C11H11N7OS. The van der Waals surface area contributed by atoms with Crippen molar-refractivity contribution in [1.82, 2.24) is 29.7 Å². The van der Waals surface area contributed by atoms with Gasteiger partial charge in [-0.3, -0.25) is 0 Å². The Labute approximate surface area is 118 Å². The number of aromatic nitrogens is 6. The minimum atomic E-state index is 0.0802. The normalized spacial score (nSPS) is 10.6. The summed E-state index contributed by atoms with van der Waals surface area (Å²) in [6.45, 7) is 0.473. The molecule has 3 rings (SSSR count). The highest BCUT2D eigenvalue weighted by Gasteiger charge is 2.08. The number of nitrogen functional groups attached to an aromatic ring is 1. The highest BCUT2D eigenvalue weighted by atomic mass is 32.1. The fourth-order valence-electron chi connectivity index (χ4n) is 1.54. The molecule has 3 aromatic rings. The van der Waals surface area contributed by atoms with E-state index in [1.54, 1.807) is 11.3 Å². The van der Waals surface area contributed by atoms with Gasteiger partial charge in [0.1, 0.15) is 12.7 Å². The van der Waals surface area contributed by atoms with Crippen LogP contribution < -0.4 is 10.5 Å². The molecule has 0 aromatic carbocycles. The quantitative estimate of drug-likeness (QED) is 0.737. The van der Waals surface area contributed by atoms with Crippen molar-refractivity contribution in [1.29, 1.82) is 0 Å². The molecular weight excluding hydrogens is 278 g/mol. The lowest BCUT2D eigenvalue weighted by Gasteiger charge is -2.05. The van der Waals surface area contributed by atoms with Gasteiger partial charge < -0.3 is 10.5 Å². The van der Waals surface area contributed by atoms with Crippen molar-refractivity contribution in [3.8, 4) is 12.0 Å². The van der Waals surface area contributed by atoms with Crippen LogP contribution >= 0.6 is 11.3 Å². The summed E-state index contributed by atoms with van der Waals surface area (Å²) in [6, 6.07) is 4.24. The van der Waals surface area contributed by atoms with Gasteiger partial charge in [-0.2, -0.15) is 24.7 Å². The zero-order chi connectivity index (χ0) is 13.8. The number of hydrogen-bond acceptors (Lipinski definition) is 8. The van der Waals surface area contributed by atoms with E-state index >= 15 is 0 Å². The second-order valence-electron chi connectivity index (χ2n) is 3.79. The smallest absolute Gasteiger partial charge is 0.323 e. The van der Waals surface area contributed by atoms with E-state index in [1.807, 2.05) is 11.4 Å². The summed E-state index contributed by atoms with van der Waals surface area (Å²) in [4.78, 5) is 17.1. The number of rotatable bonds is 5. The maximum atomic E-state index is 5.63. The second kappa shape index (κ2) is 5.61. The van der Waals surface area contributed by atoms with Gasteiger partial charge in [0, 0.05) is 11.3 Å². The lowest BCUT2D eigenvalue weighted by Crippen LogP contribution is -2.10. The van der Waals surface area contributed by atoms with Gasteiger partial charge in [-0.1, -0.05) is 6.07 Å². The first-order valence-electron chi connectivity index (χ1n) is 5.83. The molecule has 0 amide bonds. The molecule has 0 aliphatic heterocycles. The number of hydrogen-bond donors (Lipinski definition) is 1. The molecule has 102 valence electrons. The molecule has 0 saturated heterocycles. The van der Waals surface area contributed by atoms with Crippen LogP contribution in [0.15, 0.2) is 30.2 Å². The molecule has 2 N–H and O–H groups in total.